The van der Waals surface area contributed by atoms with Gasteiger partial charge >= 0.3 is 0 Å². The van der Waals surface area contributed by atoms with Crippen molar-refractivity contribution < 1.29 is 4.79 Å². The van der Waals surface area contributed by atoms with Crippen LogP contribution in [-0.4, -0.2) is 5.91 Å². The van der Waals surface area contributed by atoms with Crippen LogP contribution in [0.3, 0.4) is 0 Å². The lowest BCUT2D eigenvalue weighted by Gasteiger charge is -2.09. The van der Waals surface area contributed by atoms with E-state index in [0.29, 0.717) is 17.9 Å². The van der Waals surface area contributed by atoms with Gasteiger partial charge in [0, 0.05) is 21.6 Å². The second kappa shape index (κ2) is 6.91. The number of hydrogen-bond acceptors (Lipinski definition) is 1. The van der Waals surface area contributed by atoms with Gasteiger partial charge in [0.25, 0.3) is 0 Å². The Bertz CT molecular complexity index is 628. The zero-order chi connectivity index (χ0) is 14.5. The van der Waals surface area contributed by atoms with Gasteiger partial charge in [0.15, 0.2) is 0 Å². The number of benzene rings is 2. The predicted molar refractivity (Wildman–Crippen MR) is 87.3 cm³/mol. The molecule has 4 heteroatoms. The molecule has 0 unspecified atom stereocenters. The molecule has 20 heavy (non-hydrogen) atoms. The monoisotopic (exact) mass is 351 g/mol. The maximum absolute atomic E-state index is 12.0. The van der Waals surface area contributed by atoms with Gasteiger partial charge in [-0.05, 0) is 48.7 Å². The number of rotatable bonds is 4. The van der Waals surface area contributed by atoms with E-state index in [1.165, 1.54) is 0 Å². The first-order valence-corrected chi connectivity index (χ1v) is 7.53. The summed E-state index contributed by atoms with van der Waals surface area (Å²) in [5.74, 6) is -0.00431. The zero-order valence-electron chi connectivity index (χ0n) is 11.1. The molecule has 0 fully saturated rings. The summed E-state index contributed by atoms with van der Waals surface area (Å²) in [5.41, 5.74) is 2.80. The van der Waals surface area contributed by atoms with Crippen molar-refractivity contribution >= 4 is 39.1 Å². The number of anilines is 1. The van der Waals surface area contributed by atoms with Crippen molar-refractivity contribution in [2.45, 2.75) is 19.8 Å². The minimum Gasteiger partial charge on any atom is -0.326 e. The van der Waals surface area contributed by atoms with E-state index in [1.54, 1.807) is 0 Å². The Morgan fingerprint density at radius 1 is 1.25 bits per heavy atom. The van der Waals surface area contributed by atoms with Crippen molar-refractivity contribution in [3.05, 3.63) is 63.1 Å². The van der Waals surface area contributed by atoms with Gasteiger partial charge in [0.05, 0.1) is 0 Å². The highest BCUT2D eigenvalue weighted by Gasteiger charge is 2.07. The Kier molecular flexibility index (Phi) is 5.21. The topological polar surface area (TPSA) is 29.1 Å². The van der Waals surface area contributed by atoms with Gasteiger partial charge in [-0.15, -0.1) is 0 Å². The normalized spacial score (nSPS) is 10.3. The van der Waals surface area contributed by atoms with Crippen LogP contribution in [0.5, 0.6) is 0 Å². The summed E-state index contributed by atoms with van der Waals surface area (Å²) in [6.45, 7) is 1.90. The van der Waals surface area contributed by atoms with Crippen LogP contribution in [0.25, 0.3) is 0 Å². The Labute approximate surface area is 132 Å². The van der Waals surface area contributed by atoms with Gasteiger partial charge in [0.1, 0.15) is 0 Å². The molecule has 2 aromatic rings. The molecule has 0 bridgehead atoms. The Morgan fingerprint density at radius 2 is 2.00 bits per heavy atom. The third-order valence-electron chi connectivity index (χ3n) is 3.07. The third-order valence-corrected chi connectivity index (χ3v) is 3.97. The fourth-order valence-corrected chi connectivity index (χ4v) is 2.53. The summed E-state index contributed by atoms with van der Waals surface area (Å²) >= 11 is 9.46. The molecule has 0 spiro atoms. The summed E-state index contributed by atoms with van der Waals surface area (Å²) in [5, 5.41) is 3.56. The molecule has 0 saturated heterocycles. The first kappa shape index (κ1) is 15.1. The molecule has 0 aliphatic heterocycles. The van der Waals surface area contributed by atoms with Gasteiger partial charge in [-0.3, -0.25) is 4.79 Å². The molecule has 0 aliphatic rings. The highest BCUT2D eigenvalue weighted by Crippen LogP contribution is 2.23. The smallest absolute Gasteiger partial charge is 0.224 e. The Morgan fingerprint density at radius 3 is 2.75 bits per heavy atom. The van der Waals surface area contributed by atoms with Crippen LogP contribution in [0, 0.1) is 6.92 Å². The van der Waals surface area contributed by atoms with Crippen LogP contribution in [0.1, 0.15) is 17.5 Å². The van der Waals surface area contributed by atoms with Gasteiger partial charge in [-0.25, -0.2) is 0 Å². The van der Waals surface area contributed by atoms with E-state index in [9.17, 15) is 4.79 Å². The molecule has 0 saturated carbocycles. The predicted octanol–water partition coefficient (Wildman–Crippen LogP) is 4.98. The van der Waals surface area contributed by atoms with Gasteiger partial charge in [-0.1, -0.05) is 45.7 Å². The Balaban J connectivity index is 1.94. The Hall–Kier alpha value is -1.32. The fraction of sp³-hybridized carbons (Fsp3) is 0.188. The standard InChI is InChI=1S/C16H15BrClNO/c1-11-14(18)6-3-7-15(11)19-16(20)9-8-12-4-2-5-13(17)10-12/h2-7,10H,8-9H2,1H3,(H,19,20). The summed E-state index contributed by atoms with van der Waals surface area (Å²) in [7, 11) is 0. The maximum atomic E-state index is 12.0. The quantitative estimate of drug-likeness (QED) is 0.826. The van der Waals surface area contributed by atoms with E-state index in [0.717, 1.165) is 21.3 Å². The highest BCUT2D eigenvalue weighted by molar-refractivity contribution is 9.10. The van der Waals surface area contributed by atoms with Crippen molar-refractivity contribution in [3.8, 4) is 0 Å². The maximum Gasteiger partial charge on any atom is 0.224 e. The first-order valence-electron chi connectivity index (χ1n) is 6.35. The van der Waals surface area contributed by atoms with E-state index < -0.39 is 0 Å². The fourth-order valence-electron chi connectivity index (χ4n) is 1.91. The molecule has 104 valence electrons. The van der Waals surface area contributed by atoms with Crippen LogP contribution >= 0.6 is 27.5 Å². The minimum atomic E-state index is -0.00431. The van der Waals surface area contributed by atoms with E-state index >= 15 is 0 Å². The van der Waals surface area contributed by atoms with Crippen LogP contribution < -0.4 is 5.32 Å². The molecular weight excluding hydrogens is 338 g/mol. The average Bonchev–Trinajstić information content (AvgIpc) is 2.42. The molecule has 2 nitrogen and oxygen atoms in total. The van der Waals surface area contributed by atoms with Gasteiger partial charge in [-0.2, -0.15) is 0 Å². The van der Waals surface area contributed by atoms with Gasteiger partial charge < -0.3 is 5.32 Å². The van der Waals surface area contributed by atoms with E-state index in [1.807, 2.05) is 49.4 Å². The van der Waals surface area contributed by atoms with Crippen molar-refractivity contribution in [1.29, 1.82) is 0 Å². The largest absolute Gasteiger partial charge is 0.326 e. The molecule has 2 rings (SSSR count). The number of nitrogens with one attached hydrogen (secondary N) is 1. The number of hydrogen-bond donors (Lipinski definition) is 1. The average molecular weight is 353 g/mol. The second-order valence-corrected chi connectivity index (χ2v) is 5.91. The van der Waals surface area contributed by atoms with Crippen molar-refractivity contribution in [1.82, 2.24) is 0 Å². The number of halogens is 2. The highest BCUT2D eigenvalue weighted by atomic mass is 79.9. The molecule has 0 radical (unpaired) electrons. The number of aryl methyl sites for hydroxylation is 1. The molecule has 1 N–H and O–H groups in total. The summed E-state index contributed by atoms with van der Waals surface area (Å²) < 4.78 is 1.03. The summed E-state index contributed by atoms with van der Waals surface area (Å²) in [6, 6.07) is 13.5. The molecular formula is C16H15BrClNO. The van der Waals surface area contributed by atoms with Crippen molar-refractivity contribution in [3.63, 3.8) is 0 Å². The van der Waals surface area contributed by atoms with Gasteiger partial charge in [0.2, 0.25) is 5.91 Å². The lowest BCUT2D eigenvalue weighted by molar-refractivity contribution is -0.116. The van der Waals surface area contributed by atoms with Crippen molar-refractivity contribution in [2.24, 2.45) is 0 Å². The molecule has 2 aromatic carbocycles. The minimum absolute atomic E-state index is 0.00431. The first-order chi connectivity index (χ1) is 9.56. The SMILES string of the molecule is Cc1c(Cl)cccc1NC(=O)CCc1cccc(Br)c1. The molecule has 0 heterocycles. The van der Waals surface area contributed by atoms with E-state index in [2.05, 4.69) is 21.2 Å². The van der Waals surface area contributed by atoms with Crippen molar-refractivity contribution in [2.75, 3.05) is 5.32 Å². The lowest BCUT2D eigenvalue weighted by Crippen LogP contribution is -2.13. The number of carbonyl (C=O) groups is 1. The zero-order valence-corrected chi connectivity index (χ0v) is 13.5. The molecule has 0 aliphatic carbocycles. The number of carbonyl (C=O) groups excluding carboxylic acids is 1. The van der Waals surface area contributed by atoms with Crippen LogP contribution in [-0.2, 0) is 11.2 Å². The second-order valence-electron chi connectivity index (χ2n) is 4.59. The molecule has 0 atom stereocenters. The number of amides is 1. The van der Waals surface area contributed by atoms with Crippen LogP contribution in [0.15, 0.2) is 46.9 Å². The molecule has 0 aromatic heterocycles. The van der Waals surface area contributed by atoms with Crippen LogP contribution in [0.4, 0.5) is 5.69 Å². The van der Waals surface area contributed by atoms with Crippen LogP contribution in [0.2, 0.25) is 5.02 Å². The van der Waals surface area contributed by atoms with E-state index in [4.69, 9.17) is 11.6 Å². The lowest BCUT2D eigenvalue weighted by atomic mass is 10.1. The molecule has 1 amide bonds. The summed E-state index contributed by atoms with van der Waals surface area (Å²) in [6.07, 6.45) is 1.16. The third kappa shape index (κ3) is 4.09. The summed E-state index contributed by atoms with van der Waals surface area (Å²) in [4.78, 5) is 12.0. The van der Waals surface area contributed by atoms with E-state index in [-0.39, 0.29) is 5.91 Å².